The maximum atomic E-state index is 13.3. The molecule has 3 aromatic carbocycles. The van der Waals surface area contributed by atoms with E-state index in [1.165, 1.54) is 24.3 Å². The molecule has 1 aromatic heterocycles. The van der Waals surface area contributed by atoms with E-state index in [-0.39, 0.29) is 41.1 Å². The van der Waals surface area contributed by atoms with Gasteiger partial charge in [0.15, 0.2) is 5.01 Å². The molecule has 0 unspecified atom stereocenters. The van der Waals surface area contributed by atoms with Gasteiger partial charge in [-0.3, -0.25) is 14.9 Å². The smallest absolute Gasteiger partial charge is 0.266 e. The summed E-state index contributed by atoms with van der Waals surface area (Å²) in [4.78, 5) is 25.4. The average molecular weight is 604 g/mol. The Morgan fingerprint density at radius 3 is 2.62 bits per heavy atom. The molecule has 13 heteroatoms. The molecule has 1 N–H and O–H groups in total. The number of ether oxygens (including phenoxy) is 1. The Balaban J connectivity index is 1.25. The largest absolute Gasteiger partial charge is 0.485 e. The average Bonchev–Trinajstić information content (AvgIpc) is 3.55. The number of nitrogens with zero attached hydrogens (tertiary/aromatic N) is 3. The van der Waals surface area contributed by atoms with E-state index < -0.39 is 21.8 Å². The molecule has 200 valence electrons. The van der Waals surface area contributed by atoms with E-state index in [1.807, 2.05) is 30.3 Å². The number of sulfonamides is 1. The molecule has 2 heterocycles. The molecule has 1 saturated heterocycles. The Bertz CT molecular complexity index is 1650. The van der Waals surface area contributed by atoms with Crippen LogP contribution >= 0.6 is 34.5 Å². The molecular weight excluding hydrogens is 583 g/mol. The summed E-state index contributed by atoms with van der Waals surface area (Å²) in [5, 5.41) is 12.1. The number of hydrogen-bond donors (Lipinski definition) is 1. The number of anilines is 1. The van der Waals surface area contributed by atoms with Gasteiger partial charge in [-0.05, 0) is 42.0 Å². The summed E-state index contributed by atoms with van der Waals surface area (Å²) >= 11 is 13.1. The van der Waals surface area contributed by atoms with Gasteiger partial charge in [0, 0.05) is 29.5 Å². The van der Waals surface area contributed by atoms with E-state index in [9.17, 15) is 18.0 Å². The number of rotatable bonds is 8. The van der Waals surface area contributed by atoms with Gasteiger partial charge in [-0.15, -0.1) is 10.2 Å². The molecule has 1 aliphatic heterocycles. The molecule has 0 saturated carbocycles. The number of hydrogen-bond acceptors (Lipinski definition) is 8. The SMILES string of the molecule is O=C(Nc1nnc(COc2ccc(Cl)cc2Cl)s1)c1cccc(S(=O)(=O)N2C[C@H](c3ccccc3)CC2=O)c1. The van der Waals surface area contributed by atoms with Gasteiger partial charge >= 0.3 is 0 Å². The van der Waals surface area contributed by atoms with Gasteiger partial charge in [0.2, 0.25) is 11.0 Å². The van der Waals surface area contributed by atoms with Crippen molar-refractivity contribution >= 4 is 61.5 Å². The van der Waals surface area contributed by atoms with Crippen molar-refractivity contribution < 1.29 is 22.7 Å². The third-order valence-electron chi connectivity index (χ3n) is 5.97. The fourth-order valence-electron chi connectivity index (χ4n) is 4.05. The van der Waals surface area contributed by atoms with Crippen LogP contribution in [0.1, 0.15) is 33.3 Å². The zero-order chi connectivity index (χ0) is 27.6. The molecule has 1 atom stereocenters. The Kier molecular flexibility index (Phi) is 7.85. The first kappa shape index (κ1) is 27.1. The summed E-state index contributed by atoms with van der Waals surface area (Å²) in [6, 6.07) is 19.7. The van der Waals surface area contributed by atoms with Crippen molar-refractivity contribution in [2.24, 2.45) is 0 Å². The van der Waals surface area contributed by atoms with Crippen LogP contribution < -0.4 is 10.1 Å². The molecule has 1 aliphatic rings. The first-order valence-electron chi connectivity index (χ1n) is 11.6. The molecule has 39 heavy (non-hydrogen) atoms. The van der Waals surface area contributed by atoms with Gasteiger partial charge < -0.3 is 4.74 Å². The second-order valence-corrected chi connectivity index (χ2v) is 12.4. The van der Waals surface area contributed by atoms with Crippen LogP contribution in [0.5, 0.6) is 5.75 Å². The molecule has 0 aliphatic carbocycles. The van der Waals surface area contributed by atoms with Crippen LogP contribution in [0, 0.1) is 0 Å². The van der Waals surface area contributed by atoms with E-state index in [1.54, 1.807) is 18.2 Å². The van der Waals surface area contributed by atoms with E-state index in [0.29, 0.717) is 20.8 Å². The minimum atomic E-state index is -4.15. The summed E-state index contributed by atoms with van der Waals surface area (Å²) in [5.41, 5.74) is 0.984. The fourth-order valence-corrected chi connectivity index (χ4v) is 6.66. The van der Waals surface area contributed by atoms with Gasteiger partial charge in [0.25, 0.3) is 15.9 Å². The zero-order valence-corrected chi connectivity index (χ0v) is 23.2. The number of halogens is 2. The Hall–Kier alpha value is -3.51. The van der Waals surface area contributed by atoms with Gasteiger partial charge in [0.05, 0.1) is 9.92 Å². The van der Waals surface area contributed by atoms with Crippen molar-refractivity contribution in [2.45, 2.75) is 23.8 Å². The lowest BCUT2D eigenvalue weighted by Gasteiger charge is -2.17. The molecule has 0 radical (unpaired) electrons. The number of aromatic nitrogens is 2. The van der Waals surface area contributed by atoms with Gasteiger partial charge in [-0.1, -0.05) is 70.9 Å². The maximum Gasteiger partial charge on any atom is 0.266 e. The minimum absolute atomic E-state index is 0.0401. The molecule has 2 amide bonds. The van der Waals surface area contributed by atoms with Crippen molar-refractivity contribution in [2.75, 3.05) is 11.9 Å². The van der Waals surface area contributed by atoms with Crippen LogP contribution in [0.25, 0.3) is 0 Å². The molecule has 1 fully saturated rings. The quantitative estimate of drug-likeness (QED) is 0.287. The van der Waals surface area contributed by atoms with Crippen molar-refractivity contribution in [3.63, 3.8) is 0 Å². The molecule has 0 spiro atoms. The number of carbonyl (C=O) groups excluding carboxylic acids is 2. The predicted molar refractivity (Wildman–Crippen MR) is 148 cm³/mol. The summed E-state index contributed by atoms with van der Waals surface area (Å²) in [6.45, 7) is 0.106. The van der Waals surface area contributed by atoms with E-state index in [4.69, 9.17) is 27.9 Å². The fraction of sp³-hybridized carbons (Fsp3) is 0.154. The molecule has 0 bridgehead atoms. The van der Waals surface area contributed by atoms with Gasteiger partial charge in [-0.2, -0.15) is 0 Å². The van der Waals surface area contributed by atoms with Crippen molar-refractivity contribution in [1.29, 1.82) is 0 Å². The number of benzene rings is 3. The monoisotopic (exact) mass is 602 g/mol. The van der Waals surface area contributed by atoms with Crippen LogP contribution in [0.3, 0.4) is 0 Å². The third kappa shape index (κ3) is 6.06. The normalized spacial score (nSPS) is 15.4. The lowest BCUT2D eigenvalue weighted by atomic mass is 9.99. The zero-order valence-electron chi connectivity index (χ0n) is 20.1. The molecule has 4 aromatic rings. The van der Waals surface area contributed by atoms with Gasteiger partial charge in [-0.25, -0.2) is 12.7 Å². The highest BCUT2D eigenvalue weighted by Crippen LogP contribution is 2.32. The topological polar surface area (TPSA) is 119 Å². The number of nitrogens with one attached hydrogen (secondary N) is 1. The van der Waals surface area contributed by atoms with Gasteiger partial charge in [0.1, 0.15) is 12.4 Å². The van der Waals surface area contributed by atoms with Crippen molar-refractivity contribution in [3.8, 4) is 5.75 Å². The highest BCUT2D eigenvalue weighted by Gasteiger charge is 2.39. The second kappa shape index (κ2) is 11.3. The minimum Gasteiger partial charge on any atom is -0.485 e. The Morgan fingerprint density at radius 2 is 1.85 bits per heavy atom. The molecule has 9 nitrogen and oxygen atoms in total. The summed E-state index contributed by atoms with van der Waals surface area (Å²) < 4.78 is 33.1. The molecular formula is C26H20Cl2N4O5S2. The Labute approximate surface area is 238 Å². The van der Waals surface area contributed by atoms with Crippen LogP contribution in [-0.4, -0.2) is 41.3 Å². The van der Waals surface area contributed by atoms with E-state index in [2.05, 4.69) is 15.5 Å². The van der Waals surface area contributed by atoms with E-state index in [0.717, 1.165) is 21.2 Å². The summed E-state index contributed by atoms with van der Waals surface area (Å²) in [5.74, 6) is -0.869. The first-order valence-corrected chi connectivity index (χ1v) is 14.6. The van der Waals surface area contributed by atoms with Crippen LogP contribution in [-0.2, 0) is 21.4 Å². The number of amides is 2. The van der Waals surface area contributed by atoms with Crippen LogP contribution in [0.15, 0.2) is 77.7 Å². The maximum absolute atomic E-state index is 13.3. The van der Waals surface area contributed by atoms with Crippen LogP contribution in [0.4, 0.5) is 5.13 Å². The van der Waals surface area contributed by atoms with Crippen LogP contribution in [0.2, 0.25) is 10.0 Å². The first-order chi connectivity index (χ1) is 18.7. The van der Waals surface area contributed by atoms with E-state index >= 15 is 0 Å². The number of carbonyl (C=O) groups is 2. The second-order valence-electron chi connectivity index (χ2n) is 8.59. The highest BCUT2D eigenvalue weighted by atomic mass is 35.5. The molecule has 5 rings (SSSR count). The summed E-state index contributed by atoms with van der Waals surface area (Å²) in [7, 11) is -4.15. The lowest BCUT2D eigenvalue weighted by Crippen LogP contribution is -2.32. The predicted octanol–water partition coefficient (Wildman–Crippen LogP) is 5.38. The third-order valence-corrected chi connectivity index (χ3v) is 9.10. The highest BCUT2D eigenvalue weighted by molar-refractivity contribution is 7.89. The summed E-state index contributed by atoms with van der Waals surface area (Å²) in [6.07, 6.45) is 0.0940. The van der Waals surface area contributed by atoms with Crippen molar-refractivity contribution in [3.05, 3.63) is 99.0 Å². The lowest BCUT2D eigenvalue weighted by molar-refractivity contribution is -0.123. The Morgan fingerprint density at radius 1 is 1.05 bits per heavy atom. The standard InChI is InChI=1S/C26H20Cl2N4O5S2/c27-19-9-10-22(21(28)13-19)37-15-23-30-31-26(38-23)29-25(34)17-7-4-8-20(11-17)39(35,36)32-14-18(12-24(32)33)16-5-2-1-3-6-16/h1-11,13,18H,12,14-15H2,(H,29,31,34)/t18-/m1/s1. The van der Waals surface area contributed by atoms with Crippen molar-refractivity contribution in [1.82, 2.24) is 14.5 Å².